The molecular formula is C26H32O4. The van der Waals surface area contributed by atoms with Crippen LogP contribution in [0.1, 0.15) is 84.2 Å². The molecule has 2 aromatic carbocycles. The SMILES string of the molecule is CCCCCOC(=O)c1ccc(C=Cc2ccc(C(=O)OCCCCC)cc2)cc1. The number of carbonyl (C=O) groups excluding carboxylic acids is 2. The van der Waals surface area contributed by atoms with E-state index in [-0.39, 0.29) is 11.9 Å². The van der Waals surface area contributed by atoms with Crippen LogP contribution in [0.3, 0.4) is 0 Å². The average molecular weight is 409 g/mol. The molecule has 0 atom stereocenters. The first-order valence-electron chi connectivity index (χ1n) is 10.9. The van der Waals surface area contributed by atoms with Gasteiger partial charge in [0.15, 0.2) is 0 Å². The third-order valence-corrected chi connectivity index (χ3v) is 4.72. The lowest BCUT2D eigenvalue weighted by molar-refractivity contribution is 0.0489. The van der Waals surface area contributed by atoms with Crippen LogP contribution in [0.15, 0.2) is 48.5 Å². The molecule has 0 heterocycles. The summed E-state index contributed by atoms with van der Waals surface area (Å²) >= 11 is 0. The zero-order valence-electron chi connectivity index (χ0n) is 18.1. The number of unbranched alkanes of at least 4 members (excludes halogenated alkanes) is 4. The van der Waals surface area contributed by atoms with Crippen LogP contribution in [0.2, 0.25) is 0 Å². The molecule has 0 saturated heterocycles. The second kappa shape index (κ2) is 13.4. The molecule has 0 spiro atoms. The first-order chi connectivity index (χ1) is 14.6. The quantitative estimate of drug-likeness (QED) is 0.227. The van der Waals surface area contributed by atoms with E-state index in [1.54, 1.807) is 24.3 Å². The smallest absolute Gasteiger partial charge is 0.338 e. The summed E-state index contributed by atoms with van der Waals surface area (Å²) in [7, 11) is 0. The highest BCUT2D eigenvalue weighted by Crippen LogP contribution is 2.13. The van der Waals surface area contributed by atoms with E-state index in [1.807, 2.05) is 36.4 Å². The van der Waals surface area contributed by atoms with Crippen LogP contribution in [0, 0.1) is 0 Å². The second-order valence-electron chi connectivity index (χ2n) is 7.26. The minimum absolute atomic E-state index is 0.279. The Hall–Kier alpha value is -2.88. The predicted octanol–water partition coefficient (Wildman–Crippen LogP) is 6.55. The van der Waals surface area contributed by atoms with E-state index >= 15 is 0 Å². The first kappa shape index (κ1) is 23.4. The normalized spacial score (nSPS) is 10.9. The van der Waals surface area contributed by atoms with Gasteiger partial charge in [-0.05, 0) is 48.2 Å². The van der Waals surface area contributed by atoms with Crippen LogP contribution in [-0.4, -0.2) is 25.2 Å². The molecule has 0 N–H and O–H groups in total. The number of hydrogen-bond acceptors (Lipinski definition) is 4. The molecule has 2 aromatic rings. The molecule has 30 heavy (non-hydrogen) atoms. The molecule has 0 aliphatic heterocycles. The summed E-state index contributed by atoms with van der Waals surface area (Å²) in [5.74, 6) is -0.558. The van der Waals surface area contributed by atoms with Gasteiger partial charge in [-0.25, -0.2) is 9.59 Å². The summed E-state index contributed by atoms with van der Waals surface area (Å²) in [6.07, 6.45) is 10.1. The minimum atomic E-state index is -0.279. The van der Waals surface area contributed by atoms with Crippen molar-refractivity contribution in [3.05, 3.63) is 70.8 Å². The molecule has 0 saturated carbocycles. The molecule has 0 unspecified atom stereocenters. The number of esters is 2. The highest BCUT2D eigenvalue weighted by Gasteiger charge is 2.07. The van der Waals surface area contributed by atoms with Crippen LogP contribution < -0.4 is 0 Å². The number of hydrogen-bond donors (Lipinski definition) is 0. The van der Waals surface area contributed by atoms with Crippen molar-refractivity contribution in [3.63, 3.8) is 0 Å². The van der Waals surface area contributed by atoms with E-state index in [0.29, 0.717) is 24.3 Å². The van der Waals surface area contributed by atoms with Gasteiger partial charge in [0, 0.05) is 0 Å². The van der Waals surface area contributed by atoms with Crippen LogP contribution in [-0.2, 0) is 9.47 Å². The summed E-state index contributed by atoms with van der Waals surface area (Å²) in [5, 5.41) is 0. The zero-order chi connectivity index (χ0) is 21.6. The predicted molar refractivity (Wildman–Crippen MR) is 121 cm³/mol. The Morgan fingerprint density at radius 2 is 1.00 bits per heavy atom. The van der Waals surface area contributed by atoms with E-state index in [0.717, 1.165) is 49.7 Å². The number of rotatable bonds is 12. The van der Waals surface area contributed by atoms with E-state index in [1.165, 1.54) is 0 Å². The number of ether oxygens (including phenoxy) is 2. The summed E-state index contributed by atoms with van der Waals surface area (Å²) in [6.45, 7) is 5.17. The molecule has 0 aliphatic carbocycles. The van der Waals surface area contributed by atoms with Gasteiger partial charge in [-0.1, -0.05) is 75.9 Å². The maximum absolute atomic E-state index is 12.0. The fraction of sp³-hybridized carbons (Fsp3) is 0.385. The van der Waals surface area contributed by atoms with Crippen molar-refractivity contribution in [1.29, 1.82) is 0 Å². The molecule has 0 radical (unpaired) electrons. The zero-order valence-corrected chi connectivity index (χ0v) is 18.1. The average Bonchev–Trinajstić information content (AvgIpc) is 2.78. The molecule has 0 aliphatic rings. The van der Waals surface area contributed by atoms with Gasteiger partial charge in [-0.3, -0.25) is 0 Å². The lowest BCUT2D eigenvalue weighted by Gasteiger charge is -2.05. The van der Waals surface area contributed by atoms with Gasteiger partial charge in [0.25, 0.3) is 0 Å². The van der Waals surface area contributed by atoms with Crippen molar-refractivity contribution >= 4 is 24.1 Å². The van der Waals surface area contributed by atoms with Crippen LogP contribution in [0.25, 0.3) is 12.2 Å². The maximum atomic E-state index is 12.0. The highest BCUT2D eigenvalue weighted by atomic mass is 16.5. The molecule has 0 aromatic heterocycles. The molecule has 4 nitrogen and oxygen atoms in total. The van der Waals surface area contributed by atoms with Crippen LogP contribution >= 0.6 is 0 Å². The monoisotopic (exact) mass is 408 g/mol. The van der Waals surface area contributed by atoms with Gasteiger partial charge < -0.3 is 9.47 Å². The fourth-order valence-electron chi connectivity index (χ4n) is 2.85. The second-order valence-corrected chi connectivity index (χ2v) is 7.26. The highest BCUT2D eigenvalue weighted by molar-refractivity contribution is 5.90. The molecular weight excluding hydrogens is 376 g/mol. The third-order valence-electron chi connectivity index (χ3n) is 4.72. The number of carbonyl (C=O) groups is 2. The molecule has 0 amide bonds. The van der Waals surface area contributed by atoms with E-state index < -0.39 is 0 Å². The standard InChI is InChI=1S/C26H32O4/c1-3-5-7-19-29-25(27)23-15-11-21(12-16-23)9-10-22-13-17-24(18-14-22)26(28)30-20-8-6-4-2/h9-18H,3-8,19-20H2,1-2H3. The summed E-state index contributed by atoms with van der Waals surface area (Å²) in [4.78, 5) is 24.0. The van der Waals surface area contributed by atoms with E-state index in [9.17, 15) is 9.59 Å². The lowest BCUT2D eigenvalue weighted by Crippen LogP contribution is -2.06. The van der Waals surface area contributed by atoms with Crippen molar-refractivity contribution in [2.45, 2.75) is 52.4 Å². The Kier molecular flexibility index (Phi) is 10.4. The van der Waals surface area contributed by atoms with Crippen molar-refractivity contribution in [1.82, 2.24) is 0 Å². The Balaban J connectivity index is 1.85. The largest absolute Gasteiger partial charge is 0.462 e. The van der Waals surface area contributed by atoms with Crippen LogP contribution in [0.4, 0.5) is 0 Å². The number of benzene rings is 2. The summed E-state index contributed by atoms with van der Waals surface area (Å²) in [5.41, 5.74) is 3.09. The van der Waals surface area contributed by atoms with Crippen molar-refractivity contribution in [2.75, 3.05) is 13.2 Å². The Labute approximate surface area is 179 Å². The van der Waals surface area contributed by atoms with Crippen molar-refractivity contribution < 1.29 is 19.1 Å². The van der Waals surface area contributed by atoms with Gasteiger partial charge >= 0.3 is 11.9 Å². The van der Waals surface area contributed by atoms with Gasteiger partial charge in [0.05, 0.1) is 24.3 Å². The third kappa shape index (κ3) is 8.24. The summed E-state index contributed by atoms with van der Waals surface area (Å²) < 4.78 is 10.5. The van der Waals surface area contributed by atoms with Crippen molar-refractivity contribution in [2.24, 2.45) is 0 Å². The van der Waals surface area contributed by atoms with Crippen molar-refractivity contribution in [3.8, 4) is 0 Å². The Bertz CT molecular complexity index is 734. The maximum Gasteiger partial charge on any atom is 0.338 e. The Morgan fingerprint density at radius 1 is 0.633 bits per heavy atom. The molecule has 160 valence electrons. The fourth-order valence-corrected chi connectivity index (χ4v) is 2.85. The first-order valence-corrected chi connectivity index (χ1v) is 10.9. The van der Waals surface area contributed by atoms with Gasteiger partial charge in [-0.2, -0.15) is 0 Å². The van der Waals surface area contributed by atoms with Crippen LogP contribution in [0.5, 0.6) is 0 Å². The van der Waals surface area contributed by atoms with Gasteiger partial charge in [0.2, 0.25) is 0 Å². The van der Waals surface area contributed by atoms with Gasteiger partial charge in [-0.15, -0.1) is 0 Å². The summed E-state index contributed by atoms with van der Waals surface area (Å²) in [6, 6.07) is 14.7. The molecule has 4 heteroatoms. The molecule has 2 rings (SSSR count). The van der Waals surface area contributed by atoms with E-state index in [2.05, 4.69) is 13.8 Å². The minimum Gasteiger partial charge on any atom is -0.462 e. The van der Waals surface area contributed by atoms with Gasteiger partial charge in [0.1, 0.15) is 0 Å². The lowest BCUT2D eigenvalue weighted by atomic mass is 10.1. The Morgan fingerprint density at radius 3 is 1.33 bits per heavy atom. The van der Waals surface area contributed by atoms with E-state index in [4.69, 9.17) is 9.47 Å². The molecule has 0 bridgehead atoms. The topological polar surface area (TPSA) is 52.6 Å². The molecule has 0 fully saturated rings.